The van der Waals surface area contributed by atoms with Crippen LogP contribution < -0.4 is 0 Å². The van der Waals surface area contributed by atoms with Crippen LogP contribution in [-0.2, 0) is 0 Å². The molecule has 1 N–H and O–H groups in total. The van der Waals surface area contributed by atoms with Gasteiger partial charge in [-0.3, -0.25) is 9.69 Å². The third-order valence-electron chi connectivity index (χ3n) is 5.29. The van der Waals surface area contributed by atoms with Crippen molar-refractivity contribution in [3.05, 3.63) is 77.2 Å². The summed E-state index contributed by atoms with van der Waals surface area (Å²) in [5.74, 6) is -0.343. The number of aromatic amines is 1. The number of H-pyrrole nitrogens is 1. The van der Waals surface area contributed by atoms with E-state index in [1.54, 1.807) is 6.07 Å². The number of halogens is 1. The number of carbonyl (C=O) groups excluding carboxylic acids is 1. The molecule has 1 aliphatic heterocycles. The van der Waals surface area contributed by atoms with E-state index in [-0.39, 0.29) is 11.7 Å². The molecule has 4 nitrogen and oxygen atoms in total. The summed E-state index contributed by atoms with van der Waals surface area (Å²) in [6.45, 7) is 5.77. The van der Waals surface area contributed by atoms with Gasteiger partial charge < -0.3 is 9.88 Å². The molecule has 1 aliphatic rings. The molecule has 3 aromatic rings. The number of nitrogens with zero attached hydrogens (tertiary/aromatic N) is 2. The van der Waals surface area contributed by atoms with E-state index >= 15 is 0 Å². The lowest BCUT2D eigenvalue weighted by Crippen LogP contribution is -2.48. The first-order valence-corrected chi connectivity index (χ1v) is 9.63. The number of amides is 1. The molecule has 0 unspecified atom stereocenters. The third kappa shape index (κ3) is 3.85. The van der Waals surface area contributed by atoms with Gasteiger partial charge in [-0.05, 0) is 30.7 Å². The maximum Gasteiger partial charge on any atom is 0.256 e. The molecule has 1 saturated heterocycles. The van der Waals surface area contributed by atoms with E-state index in [0.29, 0.717) is 24.0 Å². The quantitative estimate of drug-likeness (QED) is 0.744. The minimum Gasteiger partial charge on any atom is -0.358 e. The SMILES string of the molecule is Cc1[nH]c2ccc(F)cc2c1C(=O)N1CCN(C/C=C/c2ccccc2)CC1. The summed E-state index contributed by atoms with van der Waals surface area (Å²) >= 11 is 0. The van der Waals surface area contributed by atoms with Crippen molar-refractivity contribution in [3.63, 3.8) is 0 Å². The lowest BCUT2D eigenvalue weighted by atomic mass is 10.1. The predicted molar refractivity (Wildman–Crippen MR) is 111 cm³/mol. The smallest absolute Gasteiger partial charge is 0.256 e. The number of nitrogens with one attached hydrogen (secondary N) is 1. The molecule has 0 atom stereocenters. The van der Waals surface area contributed by atoms with Crippen molar-refractivity contribution in [2.24, 2.45) is 0 Å². The van der Waals surface area contributed by atoms with Gasteiger partial charge in [0.2, 0.25) is 0 Å². The van der Waals surface area contributed by atoms with Crippen molar-refractivity contribution in [2.45, 2.75) is 6.92 Å². The molecule has 144 valence electrons. The van der Waals surface area contributed by atoms with E-state index in [4.69, 9.17) is 0 Å². The highest BCUT2D eigenvalue weighted by atomic mass is 19.1. The summed E-state index contributed by atoms with van der Waals surface area (Å²) in [5.41, 5.74) is 3.37. The highest BCUT2D eigenvalue weighted by Gasteiger charge is 2.25. The number of aryl methyl sites for hydroxylation is 1. The fourth-order valence-electron chi connectivity index (χ4n) is 3.77. The summed E-state index contributed by atoms with van der Waals surface area (Å²) in [6.07, 6.45) is 4.29. The number of fused-ring (bicyclic) bond motifs is 1. The molecule has 0 spiro atoms. The molecule has 0 bridgehead atoms. The molecule has 2 heterocycles. The Kier molecular flexibility index (Phi) is 5.26. The Bertz CT molecular complexity index is 1000. The van der Waals surface area contributed by atoms with Crippen LogP contribution in [0.15, 0.2) is 54.6 Å². The van der Waals surface area contributed by atoms with Gasteiger partial charge in [-0.1, -0.05) is 42.5 Å². The fraction of sp³-hybridized carbons (Fsp3) is 0.261. The number of aromatic nitrogens is 1. The number of carbonyl (C=O) groups is 1. The van der Waals surface area contributed by atoms with Crippen molar-refractivity contribution in [1.82, 2.24) is 14.8 Å². The van der Waals surface area contributed by atoms with Crippen molar-refractivity contribution < 1.29 is 9.18 Å². The molecule has 1 amide bonds. The lowest BCUT2D eigenvalue weighted by molar-refractivity contribution is 0.0651. The van der Waals surface area contributed by atoms with Gasteiger partial charge in [0.1, 0.15) is 5.82 Å². The number of hydrogen-bond acceptors (Lipinski definition) is 2. The average molecular weight is 377 g/mol. The molecule has 0 saturated carbocycles. The Hall–Kier alpha value is -2.92. The summed E-state index contributed by atoms with van der Waals surface area (Å²) in [7, 11) is 0. The second-order valence-electron chi connectivity index (χ2n) is 7.22. The maximum absolute atomic E-state index is 13.7. The van der Waals surface area contributed by atoms with Crippen LogP contribution in [0.1, 0.15) is 21.6 Å². The third-order valence-corrected chi connectivity index (χ3v) is 5.29. The summed E-state index contributed by atoms with van der Waals surface area (Å²) in [4.78, 5) is 20.5. The van der Waals surface area contributed by atoms with Crippen molar-refractivity contribution in [3.8, 4) is 0 Å². The van der Waals surface area contributed by atoms with Crippen LogP contribution >= 0.6 is 0 Å². The van der Waals surface area contributed by atoms with E-state index in [1.165, 1.54) is 17.7 Å². The molecule has 1 aromatic heterocycles. The molecule has 2 aromatic carbocycles. The maximum atomic E-state index is 13.7. The van der Waals surface area contributed by atoms with Crippen LogP contribution in [0.5, 0.6) is 0 Å². The van der Waals surface area contributed by atoms with E-state index in [1.807, 2.05) is 30.0 Å². The van der Waals surface area contributed by atoms with Crippen LogP contribution in [0.2, 0.25) is 0 Å². The molecular formula is C23H24FN3O. The van der Waals surface area contributed by atoms with Crippen LogP contribution in [0.4, 0.5) is 4.39 Å². The Morgan fingerprint density at radius 1 is 1.11 bits per heavy atom. The van der Waals surface area contributed by atoms with Gasteiger partial charge in [0.05, 0.1) is 5.56 Å². The topological polar surface area (TPSA) is 39.3 Å². The number of rotatable bonds is 4. The Morgan fingerprint density at radius 3 is 2.61 bits per heavy atom. The Balaban J connectivity index is 1.39. The Labute approximate surface area is 164 Å². The normalized spacial score (nSPS) is 15.6. The first-order valence-electron chi connectivity index (χ1n) is 9.63. The second-order valence-corrected chi connectivity index (χ2v) is 7.22. The average Bonchev–Trinajstić information content (AvgIpc) is 3.04. The first kappa shape index (κ1) is 18.4. The molecule has 1 fully saturated rings. The Morgan fingerprint density at radius 2 is 1.86 bits per heavy atom. The molecular weight excluding hydrogens is 353 g/mol. The van der Waals surface area contributed by atoms with Crippen LogP contribution in [-0.4, -0.2) is 53.4 Å². The second kappa shape index (κ2) is 7.98. The zero-order valence-corrected chi connectivity index (χ0v) is 16.0. The molecule has 5 heteroatoms. The zero-order chi connectivity index (χ0) is 19.5. The van der Waals surface area contributed by atoms with Gasteiger partial charge in [0, 0.05) is 49.3 Å². The standard InChI is InChI=1S/C23H24FN3O/c1-17-22(20-16-19(24)9-10-21(20)25-17)23(28)27-14-12-26(13-15-27)11-5-8-18-6-3-2-4-7-18/h2-10,16,25H,11-15H2,1H3/b8-5+. The minimum atomic E-state index is -0.324. The van der Waals surface area contributed by atoms with Gasteiger partial charge in [0.15, 0.2) is 0 Å². The van der Waals surface area contributed by atoms with Crippen molar-refractivity contribution in [1.29, 1.82) is 0 Å². The monoisotopic (exact) mass is 377 g/mol. The van der Waals surface area contributed by atoms with E-state index in [2.05, 4.69) is 34.2 Å². The molecule has 0 aliphatic carbocycles. The van der Waals surface area contributed by atoms with Gasteiger partial charge >= 0.3 is 0 Å². The van der Waals surface area contributed by atoms with Gasteiger partial charge in [-0.2, -0.15) is 0 Å². The zero-order valence-electron chi connectivity index (χ0n) is 16.0. The fourth-order valence-corrected chi connectivity index (χ4v) is 3.77. The van der Waals surface area contributed by atoms with E-state index < -0.39 is 0 Å². The number of benzene rings is 2. The van der Waals surface area contributed by atoms with Gasteiger partial charge in [-0.15, -0.1) is 0 Å². The first-order chi connectivity index (χ1) is 13.6. The van der Waals surface area contributed by atoms with Crippen LogP contribution in [0, 0.1) is 12.7 Å². The van der Waals surface area contributed by atoms with Gasteiger partial charge in [-0.25, -0.2) is 4.39 Å². The summed E-state index contributed by atoms with van der Waals surface area (Å²) in [6, 6.07) is 14.8. The van der Waals surface area contributed by atoms with Crippen molar-refractivity contribution in [2.75, 3.05) is 32.7 Å². The minimum absolute atomic E-state index is 0.0196. The van der Waals surface area contributed by atoms with E-state index in [9.17, 15) is 9.18 Å². The lowest BCUT2D eigenvalue weighted by Gasteiger charge is -2.34. The highest BCUT2D eigenvalue weighted by molar-refractivity contribution is 6.08. The van der Waals surface area contributed by atoms with E-state index in [0.717, 1.165) is 30.8 Å². The highest BCUT2D eigenvalue weighted by Crippen LogP contribution is 2.25. The molecule has 0 radical (unpaired) electrons. The van der Waals surface area contributed by atoms with Gasteiger partial charge in [0.25, 0.3) is 5.91 Å². The van der Waals surface area contributed by atoms with Crippen LogP contribution in [0.25, 0.3) is 17.0 Å². The largest absolute Gasteiger partial charge is 0.358 e. The predicted octanol–water partition coefficient (Wildman–Crippen LogP) is 4.09. The number of hydrogen-bond donors (Lipinski definition) is 1. The molecule has 4 rings (SSSR count). The van der Waals surface area contributed by atoms with Crippen LogP contribution in [0.3, 0.4) is 0 Å². The number of piperazine rings is 1. The molecule has 28 heavy (non-hydrogen) atoms. The van der Waals surface area contributed by atoms with Crippen molar-refractivity contribution >= 4 is 22.9 Å². The summed E-state index contributed by atoms with van der Waals surface area (Å²) in [5, 5.41) is 0.663. The summed E-state index contributed by atoms with van der Waals surface area (Å²) < 4.78 is 13.7.